The van der Waals surface area contributed by atoms with Crippen molar-refractivity contribution < 1.29 is 4.92 Å². The van der Waals surface area contributed by atoms with Gasteiger partial charge < -0.3 is 5.73 Å². The summed E-state index contributed by atoms with van der Waals surface area (Å²) in [5.41, 5.74) is 14.1. The van der Waals surface area contributed by atoms with Crippen LogP contribution in [0.1, 0.15) is 17.5 Å². The third kappa shape index (κ3) is 3.10. The Morgan fingerprint density at radius 3 is 3.06 bits per heavy atom. The number of anilines is 1. The van der Waals surface area contributed by atoms with Gasteiger partial charge in [-0.25, -0.2) is 4.98 Å². The minimum Gasteiger partial charge on any atom is -0.378 e. The monoisotopic (exact) mass is 246 g/mol. The van der Waals surface area contributed by atoms with E-state index in [0.29, 0.717) is 17.5 Å². The maximum Gasteiger partial charge on any atom is 0.315 e. The molecule has 0 saturated heterocycles. The van der Waals surface area contributed by atoms with Gasteiger partial charge in [0, 0.05) is 29.6 Å². The smallest absolute Gasteiger partial charge is 0.315 e. The van der Waals surface area contributed by atoms with Crippen molar-refractivity contribution in [3.8, 4) is 11.8 Å². The average molecular weight is 246 g/mol. The van der Waals surface area contributed by atoms with Gasteiger partial charge in [0.1, 0.15) is 0 Å². The molecule has 2 N–H and O–H groups in total. The van der Waals surface area contributed by atoms with Crippen LogP contribution in [-0.4, -0.2) is 16.5 Å². The fourth-order valence-electron chi connectivity index (χ4n) is 1.28. The molecule has 1 rings (SSSR count). The molecule has 8 heteroatoms. The van der Waals surface area contributed by atoms with Gasteiger partial charge in [0.05, 0.1) is 10.5 Å². The first-order valence-electron chi connectivity index (χ1n) is 4.97. The lowest BCUT2D eigenvalue weighted by Crippen LogP contribution is -2.02. The third-order valence-electron chi connectivity index (χ3n) is 2.14. The van der Waals surface area contributed by atoms with Gasteiger partial charge in [-0.05, 0) is 12.5 Å². The molecule has 0 spiro atoms. The van der Waals surface area contributed by atoms with Crippen LogP contribution in [0.5, 0.6) is 0 Å². The highest BCUT2D eigenvalue weighted by Crippen LogP contribution is 2.25. The lowest BCUT2D eigenvalue weighted by Gasteiger charge is -2.01. The molecule has 8 nitrogen and oxygen atoms in total. The Hall–Kier alpha value is -2.78. The number of hydrogen-bond donors (Lipinski definition) is 1. The predicted octanol–water partition coefficient (Wildman–Crippen LogP) is 1.93. The van der Waals surface area contributed by atoms with E-state index in [0.717, 1.165) is 0 Å². The molecular weight excluding hydrogens is 236 g/mol. The number of pyridine rings is 1. The third-order valence-corrected chi connectivity index (χ3v) is 2.14. The summed E-state index contributed by atoms with van der Waals surface area (Å²) in [4.78, 5) is 16.5. The van der Waals surface area contributed by atoms with Crippen LogP contribution >= 0.6 is 0 Å². The molecule has 0 amide bonds. The first kappa shape index (κ1) is 13.3. The Morgan fingerprint density at radius 2 is 2.44 bits per heavy atom. The summed E-state index contributed by atoms with van der Waals surface area (Å²) in [6.07, 6.45) is 1.76. The highest BCUT2D eigenvalue weighted by Gasteiger charge is 2.18. The summed E-state index contributed by atoms with van der Waals surface area (Å²) in [5.74, 6) is 5.36. The standard InChI is InChI=1S/C10H10N6O2/c1-7-8(4-2-3-5-14-15-12)6-13-10(11)9(7)16(17)18/h6H,3,5H2,1H3,(H2,11,13). The molecule has 0 bridgehead atoms. The molecule has 0 unspecified atom stereocenters. The highest BCUT2D eigenvalue weighted by molar-refractivity contribution is 5.62. The van der Waals surface area contributed by atoms with E-state index < -0.39 is 4.92 Å². The molecule has 0 aliphatic rings. The Bertz CT molecular complexity index is 580. The second-order valence-corrected chi connectivity index (χ2v) is 3.29. The molecule has 0 saturated carbocycles. The summed E-state index contributed by atoms with van der Waals surface area (Å²) in [7, 11) is 0. The second kappa shape index (κ2) is 6.08. The lowest BCUT2D eigenvalue weighted by atomic mass is 10.1. The van der Waals surface area contributed by atoms with E-state index in [4.69, 9.17) is 11.3 Å². The molecule has 0 atom stereocenters. The molecule has 1 heterocycles. The SMILES string of the molecule is Cc1c(C#CCCN=[N+]=[N-])cnc(N)c1[N+](=O)[O-]. The van der Waals surface area contributed by atoms with Crippen molar-refractivity contribution in [1.29, 1.82) is 0 Å². The van der Waals surface area contributed by atoms with Gasteiger partial charge in [-0.2, -0.15) is 0 Å². The molecule has 0 aliphatic carbocycles. The summed E-state index contributed by atoms with van der Waals surface area (Å²) in [6, 6.07) is 0. The van der Waals surface area contributed by atoms with Crippen LogP contribution in [0.3, 0.4) is 0 Å². The Balaban J connectivity index is 3.01. The van der Waals surface area contributed by atoms with E-state index in [1.165, 1.54) is 6.20 Å². The van der Waals surface area contributed by atoms with E-state index in [-0.39, 0.29) is 18.1 Å². The van der Waals surface area contributed by atoms with E-state index >= 15 is 0 Å². The van der Waals surface area contributed by atoms with Crippen molar-refractivity contribution in [2.24, 2.45) is 5.11 Å². The number of rotatable bonds is 3. The zero-order chi connectivity index (χ0) is 13.5. The van der Waals surface area contributed by atoms with Crippen molar-refractivity contribution in [2.75, 3.05) is 12.3 Å². The van der Waals surface area contributed by atoms with Gasteiger partial charge >= 0.3 is 5.69 Å². The number of nitrogens with zero attached hydrogens (tertiary/aromatic N) is 5. The van der Waals surface area contributed by atoms with Gasteiger partial charge in [-0.3, -0.25) is 10.1 Å². The van der Waals surface area contributed by atoms with E-state index in [2.05, 4.69) is 26.9 Å². The fourth-order valence-corrected chi connectivity index (χ4v) is 1.28. The van der Waals surface area contributed by atoms with E-state index in [1.807, 2.05) is 0 Å². The van der Waals surface area contributed by atoms with Crippen molar-refractivity contribution >= 4 is 11.5 Å². The summed E-state index contributed by atoms with van der Waals surface area (Å²) in [5, 5.41) is 14.1. The molecule has 0 aromatic carbocycles. The Morgan fingerprint density at radius 1 is 1.72 bits per heavy atom. The van der Waals surface area contributed by atoms with Crippen LogP contribution in [0.4, 0.5) is 11.5 Å². The van der Waals surface area contributed by atoms with Crippen LogP contribution in [0.15, 0.2) is 11.3 Å². The van der Waals surface area contributed by atoms with Gasteiger partial charge in [-0.15, -0.1) is 0 Å². The van der Waals surface area contributed by atoms with Gasteiger partial charge in [0.25, 0.3) is 0 Å². The number of hydrogen-bond acceptors (Lipinski definition) is 5. The highest BCUT2D eigenvalue weighted by atomic mass is 16.6. The maximum absolute atomic E-state index is 10.8. The first-order valence-corrected chi connectivity index (χ1v) is 4.97. The topological polar surface area (TPSA) is 131 Å². The molecule has 0 radical (unpaired) electrons. The van der Waals surface area contributed by atoms with Gasteiger partial charge in [0.15, 0.2) is 0 Å². The number of nitro groups is 1. The summed E-state index contributed by atoms with van der Waals surface area (Å²) < 4.78 is 0. The Labute approximate surface area is 103 Å². The molecule has 18 heavy (non-hydrogen) atoms. The van der Waals surface area contributed by atoms with Crippen LogP contribution < -0.4 is 5.73 Å². The lowest BCUT2D eigenvalue weighted by molar-refractivity contribution is -0.384. The van der Waals surface area contributed by atoms with Crippen molar-refractivity contribution in [3.63, 3.8) is 0 Å². The van der Waals surface area contributed by atoms with Gasteiger partial charge in [0.2, 0.25) is 5.82 Å². The minimum absolute atomic E-state index is 0.128. The normalized spacial score (nSPS) is 8.94. The predicted molar refractivity (Wildman–Crippen MR) is 65.5 cm³/mol. The first-order chi connectivity index (χ1) is 8.57. The number of aromatic nitrogens is 1. The molecule has 1 aromatic heterocycles. The van der Waals surface area contributed by atoms with E-state index in [9.17, 15) is 10.1 Å². The number of nitrogens with two attached hydrogens (primary N) is 1. The second-order valence-electron chi connectivity index (χ2n) is 3.29. The molecule has 1 aromatic rings. The van der Waals surface area contributed by atoms with Gasteiger partial charge in [-0.1, -0.05) is 17.0 Å². The zero-order valence-electron chi connectivity index (χ0n) is 9.62. The minimum atomic E-state index is -0.581. The largest absolute Gasteiger partial charge is 0.378 e. The van der Waals surface area contributed by atoms with Crippen LogP contribution in [0.25, 0.3) is 10.4 Å². The molecular formula is C10H10N6O2. The summed E-state index contributed by atoms with van der Waals surface area (Å²) >= 11 is 0. The zero-order valence-corrected chi connectivity index (χ0v) is 9.62. The van der Waals surface area contributed by atoms with Crippen molar-refractivity contribution in [2.45, 2.75) is 13.3 Å². The maximum atomic E-state index is 10.8. The number of azide groups is 1. The fraction of sp³-hybridized carbons (Fsp3) is 0.300. The van der Waals surface area contributed by atoms with E-state index in [1.54, 1.807) is 6.92 Å². The van der Waals surface area contributed by atoms with Crippen molar-refractivity contribution in [3.05, 3.63) is 37.9 Å². The van der Waals surface area contributed by atoms with Crippen LogP contribution in [0, 0.1) is 28.9 Å². The molecule has 0 aliphatic heterocycles. The average Bonchev–Trinajstić information content (AvgIpc) is 2.31. The van der Waals surface area contributed by atoms with Crippen LogP contribution in [-0.2, 0) is 0 Å². The van der Waals surface area contributed by atoms with Crippen molar-refractivity contribution in [1.82, 2.24) is 4.98 Å². The van der Waals surface area contributed by atoms with Crippen LogP contribution in [0.2, 0.25) is 0 Å². The molecule has 92 valence electrons. The number of nitrogen functional groups attached to an aromatic ring is 1. The quantitative estimate of drug-likeness (QED) is 0.166. The molecule has 0 fully saturated rings. The Kier molecular flexibility index (Phi) is 4.49. The summed E-state index contributed by atoms with van der Waals surface area (Å²) in [6.45, 7) is 1.82.